The molecule has 0 bridgehead atoms. The topological polar surface area (TPSA) is 73.7 Å². The Bertz CT molecular complexity index is 817. The summed E-state index contributed by atoms with van der Waals surface area (Å²) in [6.45, 7) is 5.27. The molecule has 0 aliphatic heterocycles. The summed E-state index contributed by atoms with van der Waals surface area (Å²) in [5.74, 6) is 1.04. The number of nitrogens with zero attached hydrogens (tertiary/aromatic N) is 3. The number of aromatic nitrogens is 2. The summed E-state index contributed by atoms with van der Waals surface area (Å²) in [4.78, 5) is 26.3. The van der Waals surface area contributed by atoms with Crippen LogP contribution in [0.3, 0.4) is 0 Å². The quantitative estimate of drug-likeness (QED) is 0.723. The van der Waals surface area contributed by atoms with Gasteiger partial charge in [0.1, 0.15) is 5.69 Å². The first-order valence-corrected chi connectivity index (χ1v) is 8.62. The van der Waals surface area contributed by atoms with Crippen molar-refractivity contribution in [1.82, 2.24) is 14.7 Å². The lowest BCUT2D eigenvalue weighted by molar-refractivity contribution is 0.0743. The molecule has 1 aromatic heterocycles. The van der Waals surface area contributed by atoms with Gasteiger partial charge in [0.25, 0.3) is 11.5 Å². The number of carbonyl (C=O) groups is 1. The highest BCUT2D eigenvalue weighted by molar-refractivity contribution is 5.92. The van der Waals surface area contributed by atoms with E-state index in [4.69, 9.17) is 9.47 Å². The maximum atomic E-state index is 12.8. The van der Waals surface area contributed by atoms with Crippen LogP contribution in [0.1, 0.15) is 36.3 Å². The van der Waals surface area contributed by atoms with Gasteiger partial charge in [-0.2, -0.15) is 5.10 Å². The van der Waals surface area contributed by atoms with Crippen molar-refractivity contribution in [1.29, 1.82) is 0 Å². The van der Waals surface area contributed by atoms with Gasteiger partial charge < -0.3 is 14.4 Å². The Morgan fingerprint density at radius 1 is 1.12 bits per heavy atom. The Morgan fingerprint density at radius 3 is 2.46 bits per heavy atom. The van der Waals surface area contributed by atoms with Gasteiger partial charge in [0.15, 0.2) is 11.5 Å². The lowest BCUT2D eigenvalue weighted by Crippen LogP contribution is -2.33. The zero-order valence-electron chi connectivity index (χ0n) is 15.7. The van der Waals surface area contributed by atoms with E-state index in [-0.39, 0.29) is 17.2 Å². The number of hydrogen-bond donors (Lipinski definition) is 0. The Hall–Kier alpha value is -2.83. The highest BCUT2D eigenvalue weighted by Crippen LogP contribution is 2.28. The fraction of sp³-hybridized carbons (Fsp3) is 0.421. The second kappa shape index (κ2) is 9.03. The van der Waals surface area contributed by atoms with Crippen molar-refractivity contribution < 1.29 is 14.3 Å². The zero-order chi connectivity index (χ0) is 19.1. The molecule has 0 saturated carbocycles. The minimum Gasteiger partial charge on any atom is -0.493 e. The molecule has 0 aliphatic rings. The summed E-state index contributed by atoms with van der Waals surface area (Å²) >= 11 is 0. The zero-order valence-corrected chi connectivity index (χ0v) is 15.7. The molecule has 0 atom stereocenters. The standard InChI is InChI=1S/C19H25N3O4/c1-5-11-22-18(23)10-8-15(20-22)19(24)21(6-2)13-14-7-9-16(25-3)17(12-14)26-4/h7-10,12H,5-6,11,13H2,1-4H3. The average Bonchev–Trinajstić information content (AvgIpc) is 2.67. The molecule has 0 unspecified atom stereocenters. The van der Waals surface area contributed by atoms with Crippen LogP contribution in [-0.4, -0.2) is 41.4 Å². The summed E-state index contributed by atoms with van der Waals surface area (Å²) in [5, 5.41) is 4.20. The van der Waals surface area contributed by atoms with Gasteiger partial charge in [0, 0.05) is 25.7 Å². The molecule has 0 aliphatic carbocycles. The van der Waals surface area contributed by atoms with Crippen LogP contribution >= 0.6 is 0 Å². The smallest absolute Gasteiger partial charge is 0.274 e. The number of benzene rings is 1. The largest absolute Gasteiger partial charge is 0.493 e. The number of amides is 1. The number of carbonyl (C=O) groups excluding carboxylic acids is 1. The van der Waals surface area contributed by atoms with Crippen LogP contribution in [0.2, 0.25) is 0 Å². The van der Waals surface area contributed by atoms with Gasteiger partial charge in [0.2, 0.25) is 0 Å². The van der Waals surface area contributed by atoms with Crippen molar-refractivity contribution in [3.63, 3.8) is 0 Å². The van der Waals surface area contributed by atoms with Crippen LogP contribution < -0.4 is 15.0 Å². The van der Waals surface area contributed by atoms with Gasteiger partial charge in [-0.25, -0.2) is 4.68 Å². The van der Waals surface area contributed by atoms with Crippen molar-refractivity contribution >= 4 is 5.91 Å². The van der Waals surface area contributed by atoms with Crippen molar-refractivity contribution in [2.75, 3.05) is 20.8 Å². The first kappa shape index (κ1) is 19.5. The fourth-order valence-electron chi connectivity index (χ4n) is 2.62. The Kier molecular flexibility index (Phi) is 6.77. The van der Waals surface area contributed by atoms with E-state index in [0.29, 0.717) is 31.1 Å². The third-order valence-corrected chi connectivity index (χ3v) is 4.01. The molecule has 0 fully saturated rings. The predicted octanol–water partition coefficient (Wildman–Crippen LogP) is 2.33. The molecule has 2 rings (SSSR count). The Morgan fingerprint density at radius 2 is 1.85 bits per heavy atom. The number of hydrogen-bond acceptors (Lipinski definition) is 5. The molecule has 7 nitrogen and oxygen atoms in total. The van der Waals surface area contributed by atoms with Gasteiger partial charge in [-0.05, 0) is 37.1 Å². The first-order valence-electron chi connectivity index (χ1n) is 8.62. The number of rotatable bonds is 8. The van der Waals surface area contributed by atoms with Gasteiger partial charge in [-0.1, -0.05) is 13.0 Å². The molecule has 140 valence electrons. The summed E-state index contributed by atoms with van der Waals surface area (Å²) < 4.78 is 11.9. The van der Waals surface area contributed by atoms with Crippen LogP contribution in [-0.2, 0) is 13.1 Å². The third-order valence-electron chi connectivity index (χ3n) is 4.01. The van der Waals surface area contributed by atoms with Gasteiger partial charge in [-0.3, -0.25) is 9.59 Å². The number of ether oxygens (including phenoxy) is 2. The van der Waals surface area contributed by atoms with Gasteiger partial charge in [-0.15, -0.1) is 0 Å². The van der Waals surface area contributed by atoms with E-state index >= 15 is 0 Å². The van der Waals surface area contributed by atoms with Crippen LogP contribution in [0.5, 0.6) is 11.5 Å². The highest BCUT2D eigenvalue weighted by atomic mass is 16.5. The molecule has 1 amide bonds. The molecule has 0 saturated heterocycles. The van der Waals surface area contributed by atoms with Crippen LogP contribution in [0, 0.1) is 0 Å². The minimum absolute atomic E-state index is 0.202. The first-order chi connectivity index (χ1) is 12.5. The second-order valence-corrected chi connectivity index (χ2v) is 5.79. The van der Waals surface area contributed by atoms with E-state index in [1.54, 1.807) is 19.1 Å². The normalized spacial score (nSPS) is 10.5. The number of methoxy groups -OCH3 is 2. The summed E-state index contributed by atoms with van der Waals surface area (Å²) in [6, 6.07) is 8.42. The molecule has 2 aromatic rings. The van der Waals surface area contributed by atoms with Crippen molar-refractivity contribution in [2.24, 2.45) is 0 Å². The maximum Gasteiger partial charge on any atom is 0.274 e. The van der Waals surface area contributed by atoms with E-state index in [1.165, 1.54) is 16.8 Å². The van der Waals surface area contributed by atoms with Crippen molar-refractivity contribution in [2.45, 2.75) is 33.4 Å². The second-order valence-electron chi connectivity index (χ2n) is 5.79. The van der Waals surface area contributed by atoms with Gasteiger partial charge >= 0.3 is 0 Å². The summed E-state index contributed by atoms with van der Waals surface area (Å²) in [5.41, 5.74) is 0.978. The monoisotopic (exact) mass is 359 g/mol. The molecule has 0 spiro atoms. The Labute approximate surface area is 153 Å². The third kappa shape index (κ3) is 4.41. The van der Waals surface area contributed by atoms with Crippen molar-refractivity contribution in [3.05, 3.63) is 51.9 Å². The van der Waals surface area contributed by atoms with E-state index < -0.39 is 0 Å². The van der Waals surface area contributed by atoms with Crippen LogP contribution in [0.15, 0.2) is 35.1 Å². The number of aryl methyl sites for hydroxylation is 1. The summed E-state index contributed by atoms with van der Waals surface area (Å²) in [6.07, 6.45) is 0.772. The SMILES string of the molecule is CCCn1nc(C(=O)N(CC)Cc2ccc(OC)c(OC)c2)ccc1=O. The molecule has 0 N–H and O–H groups in total. The molecule has 7 heteroatoms. The molecule has 1 heterocycles. The summed E-state index contributed by atoms with van der Waals surface area (Å²) in [7, 11) is 3.15. The Balaban J connectivity index is 2.24. The predicted molar refractivity (Wildman–Crippen MR) is 98.7 cm³/mol. The van der Waals surface area contributed by atoms with E-state index in [2.05, 4.69) is 5.10 Å². The van der Waals surface area contributed by atoms with Crippen LogP contribution in [0.25, 0.3) is 0 Å². The lowest BCUT2D eigenvalue weighted by atomic mass is 10.1. The highest BCUT2D eigenvalue weighted by Gasteiger charge is 2.18. The van der Waals surface area contributed by atoms with Crippen LogP contribution in [0.4, 0.5) is 0 Å². The molecule has 0 radical (unpaired) electrons. The van der Waals surface area contributed by atoms with E-state index in [0.717, 1.165) is 12.0 Å². The molecule has 1 aromatic carbocycles. The van der Waals surface area contributed by atoms with E-state index in [9.17, 15) is 9.59 Å². The molecular weight excluding hydrogens is 334 g/mol. The average molecular weight is 359 g/mol. The molecule has 26 heavy (non-hydrogen) atoms. The fourth-order valence-corrected chi connectivity index (χ4v) is 2.62. The van der Waals surface area contributed by atoms with Gasteiger partial charge in [0.05, 0.1) is 14.2 Å². The lowest BCUT2D eigenvalue weighted by Gasteiger charge is -2.21. The van der Waals surface area contributed by atoms with E-state index in [1.807, 2.05) is 32.0 Å². The molecular formula is C19H25N3O4. The minimum atomic E-state index is -0.216. The maximum absolute atomic E-state index is 12.8. The van der Waals surface area contributed by atoms with Crippen molar-refractivity contribution in [3.8, 4) is 11.5 Å².